The minimum atomic E-state index is -1.07. The second-order valence-electron chi connectivity index (χ2n) is 5.02. The summed E-state index contributed by atoms with van der Waals surface area (Å²) in [5.41, 5.74) is 2.39. The smallest absolute Gasteiger partial charge is 0.342 e. The Labute approximate surface area is 149 Å². The maximum atomic E-state index is 12.0. The summed E-state index contributed by atoms with van der Waals surface area (Å²) in [5, 5.41) is 12.6. The Morgan fingerprint density at radius 2 is 1.83 bits per heavy atom. The van der Waals surface area contributed by atoms with Gasteiger partial charge in [-0.25, -0.2) is 4.79 Å². The van der Waals surface area contributed by atoms with E-state index < -0.39 is 5.97 Å². The van der Waals surface area contributed by atoms with Gasteiger partial charge in [0.15, 0.2) is 0 Å². The molecule has 0 saturated heterocycles. The van der Waals surface area contributed by atoms with Gasteiger partial charge in [-0.2, -0.15) is 0 Å². The van der Waals surface area contributed by atoms with Crippen LogP contribution < -0.4 is 5.32 Å². The number of hydrogen-bond acceptors (Lipinski definition) is 3. The molecule has 2 aromatic rings. The Hall–Kier alpha value is -2.24. The summed E-state index contributed by atoms with van der Waals surface area (Å²) >= 11 is 6.79. The third-order valence-corrected chi connectivity index (χ3v) is 4.42. The second kappa shape index (κ2) is 8.57. The number of nitrogens with one attached hydrogen (secondary N) is 1. The van der Waals surface area contributed by atoms with E-state index in [9.17, 15) is 14.7 Å². The molecule has 0 heterocycles. The van der Waals surface area contributed by atoms with Crippen LogP contribution in [0.1, 0.15) is 11.1 Å². The van der Waals surface area contributed by atoms with E-state index >= 15 is 0 Å². The van der Waals surface area contributed by atoms with Crippen molar-refractivity contribution < 1.29 is 14.7 Å². The molecule has 0 spiro atoms. The van der Waals surface area contributed by atoms with Crippen LogP contribution in [0.15, 0.2) is 53.4 Å². The highest BCUT2D eigenvalue weighted by molar-refractivity contribution is 8.04. The molecule has 0 fully saturated rings. The van der Waals surface area contributed by atoms with E-state index in [1.165, 1.54) is 6.08 Å². The molecular formula is C18H16ClNO3S. The summed E-state index contributed by atoms with van der Waals surface area (Å²) in [7, 11) is 0. The van der Waals surface area contributed by atoms with Crippen LogP contribution in [0.3, 0.4) is 0 Å². The molecule has 2 rings (SSSR count). The van der Waals surface area contributed by atoms with Crippen molar-refractivity contribution in [3.05, 3.63) is 69.6 Å². The third kappa shape index (κ3) is 5.44. The van der Waals surface area contributed by atoms with Crippen LogP contribution in [0.25, 0.3) is 6.08 Å². The van der Waals surface area contributed by atoms with E-state index in [1.807, 2.05) is 25.1 Å². The zero-order chi connectivity index (χ0) is 17.5. The summed E-state index contributed by atoms with van der Waals surface area (Å²) in [6.07, 6.45) is 1.52. The van der Waals surface area contributed by atoms with E-state index in [1.54, 1.807) is 30.3 Å². The number of aryl methyl sites for hydroxylation is 1. The summed E-state index contributed by atoms with van der Waals surface area (Å²) in [6.45, 7) is 1.89. The van der Waals surface area contributed by atoms with Gasteiger partial charge in [-0.15, -0.1) is 11.8 Å². The Kier molecular flexibility index (Phi) is 6.46. The maximum absolute atomic E-state index is 12.0. The average molecular weight is 362 g/mol. The number of thioether (sulfide) groups is 1. The number of rotatable bonds is 6. The molecule has 2 aromatic carbocycles. The van der Waals surface area contributed by atoms with Crippen molar-refractivity contribution in [2.75, 3.05) is 11.1 Å². The second-order valence-corrected chi connectivity index (χ2v) is 6.47. The lowest BCUT2D eigenvalue weighted by molar-refractivity contribution is -0.131. The molecule has 1 amide bonds. The topological polar surface area (TPSA) is 66.4 Å². The van der Waals surface area contributed by atoms with Crippen molar-refractivity contribution in [1.82, 2.24) is 0 Å². The van der Waals surface area contributed by atoms with Crippen LogP contribution in [-0.2, 0) is 9.59 Å². The molecule has 0 aliphatic rings. The quantitative estimate of drug-likeness (QED) is 0.746. The van der Waals surface area contributed by atoms with Gasteiger partial charge in [0, 0.05) is 10.7 Å². The van der Waals surface area contributed by atoms with E-state index in [4.69, 9.17) is 11.6 Å². The molecule has 124 valence electrons. The highest BCUT2D eigenvalue weighted by Gasteiger charge is 2.12. The number of aliphatic carboxylic acids is 1. The molecule has 0 aliphatic heterocycles. The number of amides is 1. The van der Waals surface area contributed by atoms with E-state index in [-0.39, 0.29) is 16.6 Å². The van der Waals surface area contributed by atoms with E-state index in [0.717, 1.165) is 23.0 Å². The molecule has 4 nitrogen and oxygen atoms in total. The fourth-order valence-corrected chi connectivity index (χ4v) is 2.75. The van der Waals surface area contributed by atoms with Crippen LogP contribution in [0.4, 0.5) is 5.69 Å². The zero-order valence-electron chi connectivity index (χ0n) is 13.0. The Bertz CT molecular complexity index is 772. The number of para-hydroxylation sites is 1. The average Bonchev–Trinajstić information content (AvgIpc) is 2.55. The van der Waals surface area contributed by atoms with Crippen molar-refractivity contribution in [2.45, 2.75) is 6.92 Å². The van der Waals surface area contributed by atoms with Gasteiger partial charge in [0.25, 0.3) is 0 Å². The molecule has 0 aromatic heterocycles. The van der Waals surface area contributed by atoms with Gasteiger partial charge in [0.2, 0.25) is 5.91 Å². The first-order chi connectivity index (χ1) is 11.5. The third-order valence-electron chi connectivity index (χ3n) is 3.16. The lowest BCUT2D eigenvalue weighted by Crippen LogP contribution is -2.15. The van der Waals surface area contributed by atoms with Gasteiger partial charge in [-0.3, -0.25) is 4.79 Å². The van der Waals surface area contributed by atoms with Crippen LogP contribution in [0.2, 0.25) is 5.02 Å². The van der Waals surface area contributed by atoms with Gasteiger partial charge < -0.3 is 10.4 Å². The highest BCUT2D eigenvalue weighted by atomic mass is 35.5. The highest BCUT2D eigenvalue weighted by Crippen LogP contribution is 2.21. The van der Waals surface area contributed by atoms with Gasteiger partial charge in [-0.1, -0.05) is 41.9 Å². The van der Waals surface area contributed by atoms with Crippen molar-refractivity contribution >= 4 is 47.0 Å². The Morgan fingerprint density at radius 3 is 2.46 bits per heavy atom. The van der Waals surface area contributed by atoms with Crippen molar-refractivity contribution in [2.24, 2.45) is 0 Å². The minimum absolute atomic E-state index is 0.0139. The van der Waals surface area contributed by atoms with Crippen molar-refractivity contribution in [1.29, 1.82) is 0 Å². The van der Waals surface area contributed by atoms with Gasteiger partial charge in [0.1, 0.15) is 0 Å². The molecule has 0 saturated carbocycles. The molecule has 0 aliphatic carbocycles. The first-order valence-electron chi connectivity index (χ1n) is 7.14. The first kappa shape index (κ1) is 18.1. The standard InChI is InChI=1S/C18H16ClNO3S/c1-12-4-2-3-5-15(12)20-17(21)11-24-16(18(22)23)10-13-6-8-14(19)9-7-13/h2-10H,11H2,1H3,(H,20,21)(H,22,23)/b16-10+. The molecule has 6 heteroatoms. The summed E-state index contributed by atoms with van der Waals surface area (Å²) < 4.78 is 0. The van der Waals surface area contributed by atoms with E-state index in [0.29, 0.717) is 10.6 Å². The van der Waals surface area contributed by atoms with Crippen molar-refractivity contribution in [3.8, 4) is 0 Å². The zero-order valence-corrected chi connectivity index (χ0v) is 14.5. The predicted octanol–water partition coefficient (Wildman–Crippen LogP) is 4.45. The summed E-state index contributed by atoms with van der Waals surface area (Å²) in [4.78, 5) is 23.5. The number of carboxylic acids is 1. The van der Waals surface area contributed by atoms with Crippen molar-refractivity contribution in [3.63, 3.8) is 0 Å². The van der Waals surface area contributed by atoms with Gasteiger partial charge in [-0.05, 0) is 42.3 Å². The van der Waals surface area contributed by atoms with E-state index in [2.05, 4.69) is 5.32 Å². The number of anilines is 1. The number of halogens is 1. The molecule has 24 heavy (non-hydrogen) atoms. The van der Waals surface area contributed by atoms with Gasteiger partial charge >= 0.3 is 5.97 Å². The lowest BCUT2D eigenvalue weighted by Gasteiger charge is -2.08. The van der Waals surface area contributed by atoms with Crippen LogP contribution in [-0.4, -0.2) is 22.7 Å². The normalized spacial score (nSPS) is 11.2. The maximum Gasteiger partial charge on any atom is 0.342 e. The summed E-state index contributed by atoms with van der Waals surface area (Å²) in [5.74, 6) is -1.31. The number of hydrogen-bond donors (Lipinski definition) is 2. The monoisotopic (exact) mass is 361 g/mol. The SMILES string of the molecule is Cc1ccccc1NC(=O)CS/C(=C/c1ccc(Cl)cc1)C(=O)O. The first-order valence-corrected chi connectivity index (χ1v) is 8.51. The fourth-order valence-electron chi connectivity index (χ4n) is 1.92. The summed E-state index contributed by atoms with van der Waals surface area (Å²) in [6, 6.07) is 14.2. The molecule has 0 radical (unpaired) electrons. The van der Waals surface area contributed by atoms with Gasteiger partial charge in [0.05, 0.1) is 10.7 Å². The number of carbonyl (C=O) groups is 2. The van der Waals surface area contributed by atoms with Crippen LogP contribution >= 0.6 is 23.4 Å². The largest absolute Gasteiger partial charge is 0.477 e. The molecule has 0 unspecified atom stereocenters. The molecule has 0 atom stereocenters. The Balaban J connectivity index is 2.01. The number of carbonyl (C=O) groups excluding carboxylic acids is 1. The molecular weight excluding hydrogens is 346 g/mol. The number of carboxylic acid groups (broad SMARTS) is 1. The lowest BCUT2D eigenvalue weighted by atomic mass is 10.2. The van der Waals surface area contributed by atoms with Crippen LogP contribution in [0.5, 0.6) is 0 Å². The minimum Gasteiger partial charge on any atom is -0.477 e. The molecule has 0 bridgehead atoms. The molecule has 2 N–H and O–H groups in total. The number of benzene rings is 2. The van der Waals surface area contributed by atoms with Crippen LogP contribution in [0, 0.1) is 6.92 Å². The predicted molar refractivity (Wildman–Crippen MR) is 99.3 cm³/mol. The Morgan fingerprint density at radius 1 is 1.17 bits per heavy atom. The fraction of sp³-hybridized carbons (Fsp3) is 0.111.